The number of nitrogens with zero attached hydrogens (tertiary/aromatic N) is 4. The highest BCUT2D eigenvalue weighted by atomic mass is 32.1. The first-order valence-corrected chi connectivity index (χ1v) is 14.8. The smallest absolute Gasteiger partial charge is 0.165 e. The van der Waals surface area contributed by atoms with Gasteiger partial charge in [0.1, 0.15) is 16.0 Å². The summed E-state index contributed by atoms with van der Waals surface area (Å²) in [6, 6.07) is 44.7. The van der Waals surface area contributed by atoms with E-state index < -0.39 is 0 Å². The average Bonchev–Trinajstić information content (AvgIpc) is 3.58. The van der Waals surface area contributed by atoms with Crippen LogP contribution in [0.2, 0.25) is 0 Å². The number of hydrogen-bond donors (Lipinski definition) is 0. The molecule has 0 amide bonds. The van der Waals surface area contributed by atoms with Crippen molar-refractivity contribution >= 4 is 64.3 Å². The van der Waals surface area contributed by atoms with Gasteiger partial charge in [-0.1, -0.05) is 91.0 Å². The Labute approximate surface area is 245 Å². The van der Waals surface area contributed by atoms with Crippen LogP contribution in [0.15, 0.2) is 134 Å². The Morgan fingerprint density at radius 3 is 2.19 bits per heavy atom. The van der Waals surface area contributed by atoms with Crippen LogP contribution >= 0.6 is 11.3 Å². The quantitative estimate of drug-likeness (QED) is 0.218. The zero-order chi connectivity index (χ0) is 27.6. The maximum atomic E-state index is 5.46. The Balaban J connectivity index is 1.39. The van der Waals surface area contributed by atoms with E-state index in [0.29, 0.717) is 0 Å². The topological polar surface area (TPSA) is 43.6 Å². The summed E-state index contributed by atoms with van der Waals surface area (Å²) in [5, 5.41) is 5.95. The summed E-state index contributed by atoms with van der Waals surface area (Å²) < 4.78 is 3.45. The van der Waals surface area contributed by atoms with Crippen LogP contribution in [-0.2, 0) is 0 Å². The van der Waals surface area contributed by atoms with E-state index in [1.807, 2.05) is 30.5 Å². The van der Waals surface area contributed by atoms with Crippen molar-refractivity contribution in [1.29, 1.82) is 0 Å². The summed E-state index contributed by atoms with van der Waals surface area (Å²) in [7, 11) is 0. The number of rotatable bonds is 3. The van der Waals surface area contributed by atoms with Crippen LogP contribution in [0, 0.1) is 0 Å². The Bertz CT molecular complexity index is 2460. The van der Waals surface area contributed by atoms with E-state index in [4.69, 9.17) is 9.97 Å². The van der Waals surface area contributed by atoms with Gasteiger partial charge in [0.15, 0.2) is 5.82 Å². The molecule has 0 fully saturated rings. The molecule has 9 rings (SSSR count). The molecule has 0 aliphatic heterocycles. The Kier molecular flexibility index (Phi) is 5.03. The van der Waals surface area contributed by atoms with E-state index >= 15 is 0 Å². The molecule has 0 aliphatic carbocycles. The molecule has 0 saturated carbocycles. The third kappa shape index (κ3) is 3.51. The van der Waals surface area contributed by atoms with Gasteiger partial charge in [-0.05, 0) is 47.2 Å². The summed E-state index contributed by atoms with van der Waals surface area (Å²) in [5.74, 6) is 0.837. The van der Waals surface area contributed by atoms with Gasteiger partial charge in [-0.3, -0.25) is 9.55 Å². The maximum Gasteiger partial charge on any atom is 0.165 e. The molecule has 0 spiro atoms. The molecule has 4 nitrogen and oxygen atoms in total. The molecular formula is C37H22N4S. The second kappa shape index (κ2) is 9.06. The molecule has 5 aromatic carbocycles. The first-order valence-electron chi connectivity index (χ1n) is 14.0. The van der Waals surface area contributed by atoms with Crippen LogP contribution in [-0.4, -0.2) is 19.5 Å². The molecule has 5 heteroatoms. The first kappa shape index (κ1) is 23.3. The number of fused-ring (bicyclic) bond motifs is 7. The van der Waals surface area contributed by atoms with E-state index in [0.717, 1.165) is 59.8 Å². The standard InChI is InChI=1S/C37H22N4S/c1-2-10-23(11-3-1)34-36(39-35-28-18-17-26(30-15-8-9-19-38-30)22-33(28)42-37(35)40-34)41-31-16-7-6-14-27(31)29-20-24-12-4-5-13-25(24)21-32(29)41/h1-22H. The second-order valence-corrected chi connectivity index (χ2v) is 11.5. The van der Waals surface area contributed by atoms with Gasteiger partial charge in [-0.25, -0.2) is 9.97 Å². The van der Waals surface area contributed by atoms with E-state index in [9.17, 15) is 0 Å². The molecule has 0 atom stereocenters. The van der Waals surface area contributed by atoms with E-state index in [1.54, 1.807) is 11.3 Å². The third-order valence-corrected chi connectivity index (χ3v) is 9.08. The van der Waals surface area contributed by atoms with Gasteiger partial charge in [0.25, 0.3) is 0 Å². The number of aromatic nitrogens is 4. The molecule has 0 radical (unpaired) electrons. The van der Waals surface area contributed by atoms with Crippen LogP contribution < -0.4 is 0 Å². The highest BCUT2D eigenvalue weighted by molar-refractivity contribution is 7.25. The van der Waals surface area contributed by atoms with Crippen LogP contribution in [0.25, 0.3) is 81.3 Å². The number of para-hydroxylation sites is 1. The van der Waals surface area contributed by atoms with Crippen molar-refractivity contribution in [2.24, 2.45) is 0 Å². The van der Waals surface area contributed by atoms with Gasteiger partial charge in [-0.15, -0.1) is 11.3 Å². The van der Waals surface area contributed by atoms with Crippen LogP contribution in [0.4, 0.5) is 0 Å². The molecule has 9 aromatic rings. The van der Waals surface area contributed by atoms with Crippen molar-refractivity contribution in [2.45, 2.75) is 0 Å². The molecular weight excluding hydrogens is 533 g/mol. The van der Waals surface area contributed by atoms with E-state index in [1.165, 1.54) is 21.5 Å². The summed E-state index contributed by atoms with van der Waals surface area (Å²) >= 11 is 1.68. The molecule has 4 heterocycles. The van der Waals surface area contributed by atoms with Crippen LogP contribution in [0.1, 0.15) is 0 Å². The summed E-state index contributed by atoms with van der Waals surface area (Å²) in [6.07, 6.45) is 1.83. The fraction of sp³-hybridized carbons (Fsp3) is 0. The zero-order valence-corrected chi connectivity index (χ0v) is 23.2. The second-order valence-electron chi connectivity index (χ2n) is 10.5. The number of pyridine rings is 1. The Morgan fingerprint density at radius 2 is 1.33 bits per heavy atom. The number of benzene rings is 5. The van der Waals surface area contributed by atoms with Crippen molar-refractivity contribution in [3.63, 3.8) is 0 Å². The van der Waals surface area contributed by atoms with Gasteiger partial charge < -0.3 is 0 Å². The van der Waals surface area contributed by atoms with Crippen molar-refractivity contribution in [2.75, 3.05) is 0 Å². The monoisotopic (exact) mass is 554 g/mol. The lowest BCUT2D eigenvalue weighted by atomic mass is 10.1. The molecule has 0 aliphatic rings. The molecule has 196 valence electrons. The fourth-order valence-corrected chi connectivity index (χ4v) is 7.14. The minimum Gasteiger partial charge on any atom is -0.292 e. The normalized spacial score (nSPS) is 11.8. The van der Waals surface area contributed by atoms with Gasteiger partial charge in [-0.2, -0.15) is 0 Å². The molecule has 0 bridgehead atoms. The van der Waals surface area contributed by atoms with E-state index in [2.05, 4.69) is 113 Å². The van der Waals surface area contributed by atoms with Crippen molar-refractivity contribution < 1.29 is 0 Å². The van der Waals surface area contributed by atoms with Gasteiger partial charge in [0.2, 0.25) is 0 Å². The van der Waals surface area contributed by atoms with Crippen molar-refractivity contribution in [3.8, 4) is 28.3 Å². The fourth-order valence-electron chi connectivity index (χ4n) is 6.09. The average molecular weight is 555 g/mol. The van der Waals surface area contributed by atoms with Crippen LogP contribution in [0.3, 0.4) is 0 Å². The molecule has 0 saturated heterocycles. The SMILES string of the molecule is c1ccc(-c2nc3sc4cc(-c5ccccn5)ccc4c3nc2-n2c3ccccc3c3cc4ccccc4cc32)cc1. The molecule has 0 N–H and O–H groups in total. The summed E-state index contributed by atoms with van der Waals surface area (Å²) in [4.78, 5) is 16.3. The minimum atomic E-state index is 0.837. The predicted molar refractivity (Wildman–Crippen MR) is 175 cm³/mol. The first-order chi connectivity index (χ1) is 20.8. The summed E-state index contributed by atoms with van der Waals surface area (Å²) in [6.45, 7) is 0. The van der Waals surface area contributed by atoms with Gasteiger partial charge in [0.05, 0.1) is 16.7 Å². The van der Waals surface area contributed by atoms with E-state index in [-0.39, 0.29) is 0 Å². The number of thiophene rings is 1. The molecule has 42 heavy (non-hydrogen) atoms. The lowest BCUT2D eigenvalue weighted by Crippen LogP contribution is -2.03. The summed E-state index contributed by atoms with van der Waals surface area (Å²) in [5.41, 5.74) is 7.12. The van der Waals surface area contributed by atoms with Crippen molar-refractivity contribution in [1.82, 2.24) is 19.5 Å². The Hall–Kier alpha value is -5.39. The maximum absolute atomic E-state index is 5.46. The van der Waals surface area contributed by atoms with Crippen LogP contribution in [0.5, 0.6) is 0 Å². The highest BCUT2D eigenvalue weighted by Gasteiger charge is 2.21. The highest BCUT2D eigenvalue weighted by Crippen LogP contribution is 2.40. The predicted octanol–water partition coefficient (Wildman–Crippen LogP) is 9.82. The van der Waals surface area contributed by atoms with Crippen molar-refractivity contribution in [3.05, 3.63) is 134 Å². The molecule has 4 aromatic heterocycles. The Morgan fingerprint density at radius 1 is 0.548 bits per heavy atom. The zero-order valence-electron chi connectivity index (χ0n) is 22.4. The largest absolute Gasteiger partial charge is 0.292 e. The van der Waals surface area contributed by atoms with Gasteiger partial charge in [0, 0.05) is 38.2 Å². The molecule has 0 unspecified atom stereocenters. The number of hydrogen-bond acceptors (Lipinski definition) is 4. The van der Waals surface area contributed by atoms with Gasteiger partial charge >= 0.3 is 0 Å². The minimum absolute atomic E-state index is 0.837. The third-order valence-electron chi connectivity index (χ3n) is 8.05. The lowest BCUT2D eigenvalue weighted by molar-refractivity contribution is 1.09. The lowest BCUT2D eigenvalue weighted by Gasteiger charge is -2.13.